The van der Waals surface area contributed by atoms with E-state index < -0.39 is 10.8 Å². The van der Waals surface area contributed by atoms with E-state index in [9.17, 15) is 14.9 Å². The third-order valence-corrected chi connectivity index (χ3v) is 6.18. The predicted octanol–water partition coefficient (Wildman–Crippen LogP) is 6.62. The summed E-state index contributed by atoms with van der Waals surface area (Å²) in [6, 6.07) is 23.5. The van der Waals surface area contributed by atoms with Crippen molar-refractivity contribution >= 4 is 60.4 Å². The molecule has 0 aromatic heterocycles. The fraction of sp³-hybridized carbons (Fsp3) is 0.0400. The van der Waals surface area contributed by atoms with Gasteiger partial charge in [-0.25, -0.2) is 5.43 Å². The van der Waals surface area contributed by atoms with Crippen molar-refractivity contribution in [2.24, 2.45) is 5.10 Å². The van der Waals surface area contributed by atoms with E-state index in [0.717, 1.165) is 16.3 Å². The van der Waals surface area contributed by atoms with Crippen LogP contribution in [0.4, 0.5) is 5.69 Å². The number of nitrogens with one attached hydrogen (secondary N) is 1. The summed E-state index contributed by atoms with van der Waals surface area (Å²) in [4.78, 5) is 22.8. The molecule has 1 amide bonds. The zero-order valence-electron chi connectivity index (χ0n) is 17.6. The number of halogens is 2. The summed E-state index contributed by atoms with van der Waals surface area (Å²) in [6.45, 7) is 0.387. The summed E-state index contributed by atoms with van der Waals surface area (Å²) < 4.78 is 7.49. The van der Waals surface area contributed by atoms with E-state index in [1.807, 2.05) is 24.3 Å². The Kier molecular flexibility index (Phi) is 7.34. The van der Waals surface area contributed by atoms with Crippen molar-refractivity contribution in [2.45, 2.75) is 6.61 Å². The first-order valence-electron chi connectivity index (χ1n) is 10.1. The van der Waals surface area contributed by atoms with Gasteiger partial charge < -0.3 is 4.74 Å². The van der Waals surface area contributed by atoms with E-state index >= 15 is 0 Å². The Hall–Kier alpha value is -3.56. The van der Waals surface area contributed by atoms with Crippen molar-refractivity contribution in [1.82, 2.24) is 5.43 Å². The highest BCUT2D eigenvalue weighted by molar-refractivity contribution is 9.11. The van der Waals surface area contributed by atoms with E-state index in [4.69, 9.17) is 4.74 Å². The molecule has 0 spiro atoms. The lowest BCUT2D eigenvalue weighted by atomic mass is 10.1. The molecular weight excluding hydrogens is 566 g/mol. The SMILES string of the molecule is O=C(N/N=C\c1cc(Br)c(OCc2cccc3ccccc23)c(Br)c1)c1ccccc1[N+](=O)[O-]. The average molecular weight is 583 g/mol. The molecule has 0 radical (unpaired) electrons. The molecule has 170 valence electrons. The van der Waals surface area contributed by atoms with Crippen molar-refractivity contribution in [3.05, 3.63) is 115 Å². The van der Waals surface area contributed by atoms with Gasteiger partial charge in [0, 0.05) is 6.07 Å². The molecule has 4 aromatic carbocycles. The van der Waals surface area contributed by atoms with Gasteiger partial charge in [-0.2, -0.15) is 5.10 Å². The van der Waals surface area contributed by atoms with Gasteiger partial charge in [0.25, 0.3) is 11.6 Å². The number of amides is 1. The summed E-state index contributed by atoms with van der Waals surface area (Å²) in [7, 11) is 0. The number of nitro benzene ring substituents is 1. The zero-order valence-corrected chi connectivity index (χ0v) is 20.7. The van der Waals surface area contributed by atoms with Gasteiger partial charge in [-0.15, -0.1) is 0 Å². The lowest BCUT2D eigenvalue weighted by Gasteiger charge is -2.13. The van der Waals surface area contributed by atoms with Gasteiger partial charge in [0.05, 0.1) is 20.1 Å². The standard InChI is InChI=1S/C25H17Br2N3O4/c26-21-12-16(14-28-29-25(31)20-10-3-4-11-23(20)30(32)33)13-22(27)24(21)34-15-18-8-5-7-17-6-1-2-9-19(17)18/h1-14H,15H2,(H,29,31)/b28-14-. The summed E-state index contributed by atoms with van der Waals surface area (Å²) in [5, 5.41) is 17.3. The summed E-state index contributed by atoms with van der Waals surface area (Å²) in [5.41, 5.74) is 3.72. The van der Waals surface area contributed by atoms with Crippen LogP contribution in [0.3, 0.4) is 0 Å². The molecule has 0 saturated carbocycles. The fourth-order valence-corrected chi connectivity index (χ4v) is 4.86. The molecule has 4 aromatic rings. The number of ether oxygens (including phenoxy) is 1. The predicted molar refractivity (Wildman–Crippen MR) is 138 cm³/mol. The van der Waals surface area contributed by atoms with Crippen LogP contribution < -0.4 is 10.2 Å². The third kappa shape index (κ3) is 5.32. The van der Waals surface area contributed by atoms with Crippen LogP contribution in [0, 0.1) is 10.1 Å². The molecule has 0 aliphatic rings. The minimum atomic E-state index is -0.670. The first-order valence-corrected chi connectivity index (χ1v) is 11.7. The first-order chi connectivity index (χ1) is 16.4. The number of fused-ring (bicyclic) bond motifs is 1. The largest absolute Gasteiger partial charge is 0.487 e. The van der Waals surface area contributed by atoms with Crippen LogP contribution in [0.5, 0.6) is 5.75 Å². The van der Waals surface area contributed by atoms with Crippen molar-refractivity contribution in [3.8, 4) is 5.75 Å². The number of carbonyl (C=O) groups excluding carboxylic acids is 1. The van der Waals surface area contributed by atoms with Gasteiger partial charge in [0.15, 0.2) is 0 Å². The van der Waals surface area contributed by atoms with Gasteiger partial charge in [-0.3, -0.25) is 14.9 Å². The second kappa shape index (κ2) is 10.6. The van der Waals surface area contributed by atoms with E-state index in [1.165, 1.54) is 24.4 Å². The normalized spacial score (nSPS) is 11.0. The maximum Gasteiger partial charge on any atom is 0.282 e. The van der Waals surface area contributed by atoms with Crippen LogP contribution in [0.1, 0.15) is 21.5 Å². The molecule has 0 atom stereocenters. The molecule has 0 saturated heterocycles. The Morgan fingerprint density at radius 2 is 1.68 bits per heavy atom. The van der Waals surface area contributed by atoms with Gasteiger partial charge in [-0.1, -0.05) is 54.6 Å². The van der Waals surface area contributed by atoms with Crippen LogP contribution in [0.2, 0.25) is 0 Å². The molecule has 4 rings (SSSR count). The van der Waals surface area contributed by atoms with Crippen molar-refractivity contribution < 1.29 is 14.5 Å². The Bertz CT molecular complexity index is 1390. The molecule has 34 heavy (non-hydrogen) atoms. The smallest absolute Gasteiger partial charge is 0.282 e. The Morgan fingerprint density at radius 1 is 1.00 bits per heavy atom. The molecule has 0 aliphatic carbocycles. The minimum absolute atomic E-state index is 0.0656. The lowest BCUT2D eigenvalue weighted by molar-refractivity contribution is -0.385. The quantitative estimate of drug-likeness (QED) is 0.151. The Balaban J connectivity index is 1.46. The molecule has 0 fully saturated rings. The van der Waals surface area contributed by atoms with E-state index in [2.05, 4.69) is 60.6 Å². The molecule has 0 heterocycles. The van der Waals surface area contributed by atoms with Crippen molar-refractivity contribution in [3.63, 3.8) is 0 Å². The topological polar surface area (TPSA) is 93.8 Å². The molecule has 9 heteroatoms. The molecule has 0 bridgehead atoms. The van der Waals surface area contributed by atoms with Crippen LogP contribution in [0.15, 0.2) is 92.9 Å². The number of hydrogen-bond acceptors (Lipinski definition) is 5. The lowest BCUT2D eigenvalue weighted by Crippen LogP contribution is -2.18. The first kappa shape index (κ1) is 23.6. The van der Waals surface area contributed by atoms with Crippen LogP contribution in [-0.4, -0.2) is 17.0 Å². The number of nitrogens with zero attached hydrogens (tertiary/aromatic N) is 2. The Morgan fingerprint density at radius 3 is 2.44 bits per heavy atom. The number of hydrogen-bond donors (Lipinski definition) is 1. The maximum atomic E-state index is 12.3. The number of para-hydroxylation sites is 1. The van der Waals surface area contributed by atoms with Crippen molar-refractivity contribution in [1.29, 1.82) is 0 Å². The van der Waals surface area contributed by atoms with E-state index in [-0.39, 0.29) is 11.3 Å². The molecule has 0 aliphatic heterocycles. The summed E-state index contributed by atoms with van der Waals surface area (Å²) in [5.74, 6) is -0.0363. The highest BCUT2D eigenvalue weighted by atomic mass is 79.9. The molecular formula is C25H17Br2N3O4. The number of carbonyl (C=O) groups is 1. The van der Waals surface area contributed by atoms with Gasteiger partial charge >= 0.3 is 0 Å². The zero-order chi connectivity index (χ0) is 24.1. The molecule has 0 unspecified atom stereocenters. The van der Waals surface area contributed by atoms with E-state index in [0.29, 0.717) is 26.9 Å². The second-order valence-corrected chi connectivity index (χ2v) is 8.92. The van der Waals surface area contributed by atoms with E-state index in [1.54, 1.807) is 18.2 Å². The van der Waals surface area contributed by atoms with Crippen molar-refractivity contribution in [2.75, 3.05) is 0 Å². The summed E-state index contributed by atoms with van der Waals surface area (Å²) in [6.07, 6.45) is 1.44. The molecule has 1 N–H and O–H groups in total. The highest BCUT2D eigenvalue weighted by Gasteiger charge is 2.18. The number of rotatable bonds is 7. The molecule has 7 nitrogen and oxygen atoms in total. The number of nitro groups is 1. The van der Waals surface area contributed by atoms with Gasteiger partial charge in [-0.05, 0) is 72.0 Å². The average Bonchev–Trinajstić information content (AvgIpc) is 2.83. The van der Waals surface area contributed by atoms with Crippen LogP contribution >= 0.6 is 31.9 Å². The Labute approximate surface area is 211 Å². The second-order valence-electron chi connectivity index (χ2n) is 7.21. The number of hydrazone groups is 1. The maximum absolute atomic E-state index is 12.3. The van der Waals surface area contributed by atoms with Gasteiger partial charge in [0.1, 0.15) is 17.9 Å². The third-order valence-electron chi connectivity index (χ3n) is 5.00. The minimum Gasteiger partial charge on any atom is -0.487 e. The summed E-state index contributed by atoms with van der Waals surface area (Å²) >= 11 is 7.05. The number of benzene rings is 4. The monoisotopic (exact) mass is 581 g/mol. The van der Waals surface area contributed by atoms with Crippen LogP contribution in [-0.2, 0) is 6.61 Å². The van der Waals surface area contributed by atoms with Gasteiger partial charge in [0.2, 0.25) is 0 Å². The fourth-order valence-electron chi connectivity index (χ4n) is 3.41. The van der Waals surface area contributed by atoms with Crippen LogP contribution in [0.25, 0.3) is 10.8 Å². The highest BCUT2D eigenvalue weighted by Crippen LogP contribution is 2.35.